The molecule has 0 spiro atoms. The zero-order chi connectivity index (χ0) is 12.2. The van der Waals surface area contributed by atoms with Crippen LogP contribution in [-0.2, 0) is 11.3 Å². The van der Waals surface area contributed by atoms with E-state index in [4.69, 9.17) is 0 Å². The first-order valence-corrected chi connectivity index (χ1v) is 5.26. The van der Waals surface area contributed by atoms with Crippen molar-refractivity contribution in [2.45, 2.75) is 32.9 Å². The van der Waals surface area contributed by atoms with Gasteiger partial charge in [0.2, 0.25) is 5.91 Å². The highest BCUT2D eigenvalue weighted by Crippen LogP contribution is 2.05. The van der Waals surface area contributed by atoms with Gasteiger partial charge in [0.25, 0.3) is 0 Å². The number of carbonyl (C=O) groups is 1. The van der Waals surface area contributed by atoms with E-state index >= 15 is 0 Å². The van der Waals surface area contributed by atoms with Crippen LogP contribution in [0.1, 0.15) is 20.8 Å². The fourth-order valence-corrected chi connectivity index (χ4v) is 1.40. The number of amides is 1. The number of aromatic nitrogens is 3. The number of nitrogens with zero attached hydrogens (tertiary/aromatic N) is 4. The van der Waals surface area contributed by atoms with Gasteiger partial charge in [0.1, 0.15) is 6.54 Å². The monoisotopic (exact) mass is 226 g/mol. The number of hydrogen-bond donors (Lipinski definition) is 1. The molecule has 0 unspecified atom stereocenters. The topological polar surface area (TPSA) is 71.2 Å². The molecule has 0 saturated carbocycles. The minimum Gasteiger partial charge on any atom is -0.389 e. The Balaban J connectivity index is 2.56. The first-order valence-electron chi connectivity index (χ1n) is 5.26. The lowest BCUT2D eigenvalue weighted by molar-refractivity contribution is -0.134. The minimum atomic E-state index is -0.881. The quantitative estimate of drug-likeness (QED) is 0.761. The third kappa shape index (κ3) is 3.98. The predicted molar refractivity (Wildman–Crippen MR) is 58.6 cm³/mol. The maximum absolute atomic E-state index is 11.8. The van der Waals surface area contributed by atoms with E-state index in [1.807, 2.05) is 6.92 Å². The molecule has 90 valence electrons. The molecule has 1 N–H and O–H groups in total. The van der Waals surface area contributed by atoms with E-state index in [1.54, 1.807) is 24.9 Å². The lowest BCUT2D eigenvalue weighted by Crippen LogP contribution is -2.43. The van der Waals surface area contributed by atoms with E-state index in [9.17, 15) is 9.90 Å². The molecule has 0 aliphatic heterocycles. The third-order valence-electron chi connectivity index (χ3n) is 2.08. The van der Waals surface area contributed by atoms with Crippen LogP contribution in [0.5, 0.6) is 0 Å². The van der Waals surface area contributed by atoms with Gasteiger partial charge in [-0.25, -0.2) is 4.68 Å². The van der Waals surface area contributed by atoms with Crippen molar-refractivity contribution in [3.8, 4) is 0 Å². The molecule has 1 rings (SSSR count). The zero-order valence-electron chi connectivity index (χ0n) is 9.92. The number of rotatable bonds is 5. The van der Waals surface area contributed by atoms with E-state index in [1.165, 1.54) is 10.9 Å². The van der Waals surface area contributed by atoms with E-state index in [-0.39, 0.29) is 12.5 Å². The number of hydrogen-bond acceptors (Lipinski definition) is 4. The van der Waals surface area contributed by atoms with Gasteiger partial charge in [0.05, 0.1) is 11.8 Å². The second-order valence-electron chi connectivity index (χ2n) is 4.32. The Labute approximate surface area is 94.9 Å². The van der Waals surface area contributed by atoms with Crippen LogP contribution in [0.25, 0.3) is 0 Å². The van der Waals surface area contributed by atoms with Gasteiger partial charge in [-0.3, -0.25) is 4.79 Å². The summed E-state index contributed by atoms with van der Waals surface area (Å²) in [7, 11) is 0. The van der Waals surface area contributed by atoms with Crippen LogP contribution in [0.4, 0.5) is 0 Å². The Morgan fingerprint density at radius 1 is 1.56 bits per heavy atom. The maximum atomic E-state index is 11.8. The minimum absolute atomic E-state index is 0.0740. The molecule has 0 aromatic carbocycles. The Morgan fingerprint density at radius 3 is 2.69 bits per heavy atom. The molecule has 0 aliphatic rings. The SMILES string of the molecule is CCN(CC(C)(C)O)C(=O)Cn1ccnn1. The van der Waals surface area contributed by atoms with Crippen molar-refractivity contribution in [1.82, 2.24) is 19.9 Å². The molecule has 0 radical (unpaired) electrons. The molecule has 1 aromatic heterocycles. The summed E-state index contributed by atoms with van der Waals surface area (Å²) in [6.07, 6.45) is 3.16. The molecule has 1 amide bonds. The summed E-state index contributed by atoms with van der Waals surface area (Å²) in [5.74, 6) is -0.0740. The van der Waals surface area contributed by atoms with Crippen LogP contribution >= 0.6 is 0 Å². The van der Waals surface area contributed by atoms with E-state index in [0.29, 0.717) is 13.1 Å². The second kappa shape index (κ2) is 5.07. The van der Waals surface area contributed by atoms with Gasteiger partial charge in [0, 0.05) is 19.3 Å². The summed E-state index contributed by atoms with van der Waals surface area (Å²) >= 11 is 0. The smallest absolute Gasteiger partial charge is 0.244 e. The number of carbonyl (C=O) groups excluding carboxylic acids is 1. The standard InChI is InChI=1S/C10H18N4O2/c1-4-13(8-10(2,3)16)9(15)7-14-6-5-11-12-14/h5-6,16H,4,7-8H2,1-3H3. The van der Waals surface area contributed by atoms with E-state index in [0.717, 1.165) is 0 Å². The highest BCUT2D eigenvalue weighted by molar-refractivity contribution is 5.75. The zero-order valence-corrected chi connectivity index (χ0v) is 9.92. The Kier molecular flexibility index (Phi) is 4.00. The fourth-order valence-electron chi connectivity index (χ4n) is 1.40. The lowest BCUT2D eigenvalue weighted by Gasteiger charge is -2.28. The number of likely N-dealkylation sites (N-methyl/N-ethyl adjacent to an activating group) is 1. The first-order chi connectivity index (χ1) is 7.42. The van der Waals surface area contributed by atoms with Crippen molar-refractivity contribution in [2.24, 2.45) is 0 Å². The van der Waals surface area contributed by atoms with Crippen LogP contribution < -0.4 is 0 Å². The Morgan fingerprint density at radius 2 is 2.25 bits per heavy atom. The van der Waals surface area contributed by atoms with Crippen molar-refractivity contribution in [2.75, 3.05) is 13.1 Å². The molecular weight excluding hydrogens is 208 g/mol. The van der Waals surface area contributed by atoms with Gasteiger partial charge in [-0.2, -0.15) is 0 Å². The van der Waals surface area contributed by atoms with Crippen molar-refractivity contribution in [3.05, 3.63) is 12.4 Å². The van der Waals surface area contributed by atoms with Crippen LogP contribution in [0.2, 0.25) is 0 Å². The van der Waals surface area contributed by atoms with Gasteiger partial charge in [0.15, 0.2) is 0 Å². The molecule has 0 aliphatic carbocycles. The molecule has 0 bridgehead atoms. The molecular formula is C10H18N4O2. The fraction of sp³-hybridized carbons (Fsp3) is 0.700. The Bertz CT molecular complexity index is 329. The van der Waals surface area contributed by atoms with Gasteiger partial charge in [-0.15, -0.1) is 5.10 Å². The second-order valence-corrected chi connectivity index (χ2v) is 4.32. The summed E-state index contributed by atoms with van der Waals surface area (Å²) in [6, 6.07) is 0. The van der Waals surface area contributed by atoms with E-state index in [2.05, 4.69) is 10.3 Å². The van der Waals surface area contributed by atoms with Crippen LogP contribution in [-0.4, -0.2) is 49.6 Å². The summed E-state index contributed by atoms with van der Waals surface area (Å²) in [4.78, 5) is 13.4. The van der Waals surface area contributed by atoms with E-state index < -0.39 is 5.60 Å². The summed E-state index contributed by atoms with van der Waals surface area (Å²) in [5, 5.41) is 17.0. The molecule has 1 aromatic rings. The molecule has 0 fully saturated rings. The van der Waals surface area contributed by atoms with Crippen molar-refractivity contribution in [1.29, 1.82) is 0 Å². The van der Waals surface area contributed by atoms with Crippen LogP contribution in [0, 0.1) is 0 Å². The molecule has 16 heavy (non-hydrogen) atoms. The summed E-state index contributed by atoms with van der Waals surface area (Å²) in [5.41, 5.74) is -0.881. The highest BCUT2D eigenvalue weighted by atomic mass is 16.3. The van der Waals surface area contributed by atoms with Crippen molar-refractivity contribution < 1.29 is 9.90 Å². The summed E-state index contributed by atoms with van der Waals surface area (Å²) < 4.78 is 1.47. The third-order valence-corrected chi connectivity index (χ3v) is 2.08. The van der Waals surface area contributed by atoms with Crippen LogP contribution in [0.3, 0.4) is 0 Å². The van der Waals surface area contributed by atoms with Crippen molar-refractivity contribution in [3.63, 3.8) is 0 Å². The largest absolute Gasteiger partial charge is 0.389 e. The number of aliphatic hydroxyl groups is 1. The Hall–Kier alpha value is -1.43. The van der Waals surface area contributed by atoms with Crippen LogP contribution in [0.15, 0.2) is 12.4 Å². The lowest BCUT2D eigenvalue weighted by atomic mass is 10.1. The average Bonchev–Trinajstić information content (AvgIpc) is 2.65. The van der Waals surface area contributed by atoms with Gasteiger partial charge >= 0.3 is 0 Å². The highest BCUT2D eigenvalue weighted by Gasteiger charge is 2.21. The van der Waals surface area contributed by atoms with Gasteiger partial charge in [-0.05, 0) is 20.8 Å². The van der Waals surface area contributed by atoms with Crippen molar-refractivity contribution >= 4 is 5.91 Å². The van der Waals surface area contributed by atoms with Gasteiger partial charge < -0.3 is 10.0 Å². The summed E-state index contributed by atoms with van der Waals surface area (Å²) in [6.45, 7) is 6.28. The van der Waals surface area contributed by atoms with Gasteiger partial charge in [-0.1, -0.05) is 5.21 Å². The normalized spacial score (nSPS) is 11.5. The average molecular weight is 226 g/mol. The first kappa shape index (κ1) is 12.6. The molecule has 0 atom stereocenters. The molecule has 6 heteroatoms. The molecule has 0 saturated heterocycles. The predicted octanol–water partition coefficient (Wildman–Crippen LogP) is -0.103. The maximum Gasteiger partial charge on any atom is 0.244 e. The molecule has 1 heterocycles. The molecule has 6 nitrogen and oxygen atoms in total.